The predicted molar refractivity (Wildman–Crippen MR) is 112 cm³/mol. The molecule has 0 radical (unpaired) electrons. The highest BCUT2D eigenvalue weighted by Gasteiger charge is 2.17. The number of aromatic nitrogens is 1. The van der Waals surface area contributed by atoms with Crippen LogP contribution >= 0.6 is 11.6 Å². The van der Waals surface area contributed by atoms with Crippen LogP contribution in [-0.4, -0.2) is 17.4 Å². The number of amides is 1. The van der Waals surface area contributed by atoms with Gasteiger partial charge in [-0.1, -0.05) is 35.9 Å². The van der Waals surface area contributed by atoms with Crippen molar-refractivity contribution in [3.8, 4) is 0 Å². The fourth-order valence-electron chi connectivity index (χ4n) is 2.81. The first-order chi connectivity index (χ1) is 13.1. The van der Waals surface area contributed by atoms with Crippen molar-refractivity contribution in [2.24, 2.45) is 0 Å². The minimum atomic E-state index is -0.104. The summed E-state index contributed by atoms with van der Waals surface area (Å²) in [6, 6.07) is 19.2. The number of carbonyl (C=O) groups excluding carboxylic acids is 1. The number of hydrogen-bond donors (Lipinski definition) is 1. The van der Waals surface area contributed by atoms with E-state index < -0.39 is 0 Å². The number of hydrogen-bond acceptors (Lipinski definition) is 3. The third-order valence-electron chi connectivity index (χ3n) is 4.27. The van der Waals surface area contributed by atoms with Crippen LogP contribution in [0.5, 0.6) is 0 Å². The summed E-state index contributed by atoms with van der Waals surface area (Å²) in [6.07, 6.45) is 1.69. The Morgan fingerprint density at radius 3 is 2.52 bits per heavy atom. The van der Waals surface area contributed by atoms with E-state index in [-0.39, 0.29) is 5.91 Å². The second kappa shape index (κ2) is 8.69. The van der Waals surface area contributed by atoms with Crippen LogP contribution in [0.2, 0.25) is 5.02 Å². The summed E-state index contributed by atoms with van der Waals surface area (Å²) in [4.78, 5) is 18.9. The molecule has 0 aliphatic rings. The zero-order chi connectivity index (χ0) is 19.2. The molecule has 4 nitrogen and oxygen atoms in total. The average molecular weight is 380 g/mol. The molecule has 0 unspecified atom stereocenters. The zero-order valence-electron chi connectivity index (χ0n) is 15.4. The van der Waals surface area contributed by atoms with Crippen molar-refractivity contribution in [2.75, 3.05) is 16.8 Å². The molecule has 3 rings (SSSR count). The summed E-state index contributed by atoms with van der Waals surface area (Å²) in [7, 11) is 0. The Hall–Kier alpha value is -2.85. The summed E-state index contributed by atoms with van der Waals surface area (Å²) < 4.78 is 0. The number of nitrogens with zero attached hydrogens (tertiary/aromatic N) is 2. The lowest BCUT2D eigenvalue weighted by Gasteiger charge is -2.21. The molecule has 0 saturated heterocycles. The average Bonchev–Trinajstić information content (AvgIpc) is 2.68. The molecule has 1 heterocycles. The van der Waals surface area contributed by atoms with Gasteiger partial charge in [0.2, 0.25) is 0 Å². The Bertz CT molecular complexity index is 908. The third-order valence-corrected chi connectivity index (χ3v) is 4.52. The van der Waals surface area contributed by atoms with Crippen molar-refractivity contribution in [2.45, 2.75) is 20.4 Å². The lowest BCUT2D eigenvalue weighted by Crippen LogP contribution is -2.31. The molecule has 0 aliphatic carbocycles. The van der Waals surface area contributed by atoms with Crippen LogP contribution in [0.15, 0.2) is 66.9 Å². The number of rotatable bonds is 6. The molecular formula is C22H22ClN3O. The van der Waals surface area contributed by atoms with Gasteiger partial charge in [0.15, 0.2) is 0 Å². The van der Waals surface area contributed by atoms with Gasteiger partial charge in [0, 0.05) is 23.8 Å². The summed E-state index contributed by atoms with van der Waals surface area (Å²) in [5.74, 6) is -0.104. The molecule has 27 heavy (non-hydrogen) atoms. The van der Waals surface area contributed by atoms with Crippen molar-refractivity contribution in [3.05, 3.63) is 88.7 Å². The number of halogens is 1. The second-order valence-electron chi connectivity index (χ2n) is 6.30. The molecular weight excluding hydrogens is 358 g/mol. The van der Waals surface area contributed by atoms with Crippen molar-refractivity contribution >= 4 is 28.9 Å². The van der Waals surface area contributed by atoms with Gasteiger partial charge in [-0.25, -0.2) is 4.98 Å². The van der Waals surface area contributed by atoms with Crippen molar-refractivity contribution in [1.29, 1.82) is 0 Å². The topological polar surface area (TPSA) is 45.2 Å². The van der Waals surface area contributed by atoms with Crippen LogP contribution in [-0.2, 0) is 6.54 Å². The van der Waals surface area contributed by atoms with Gasteiger partial charge in [-0.3, -0.25) is 4.79 Å². The molecule has 1 aromatic heterocycles. The van der Waals surface area contributed by atoms with Gasteiger partial charge in [0.05, 0.1) is 11.9 Å². The summed E-state index contributed by atoms with van der Waals surface area (Å²) >= 11 is 5.90. The number of carbonyl (C=O) groups is 1. The summed E-state index contributed by atoms with van der Waals surface area (Å²) in [6.45, 7) is 5.22. The molecule has 0 fully saturated rings. The standard InChI is InChI=1S/C22H22ClN3O/c1-3-26(20-6-4-5-16(2)13-20)22(27)21-12-11-19(15-25-21)24-14-17-7-9-18(23)10-8-17/h4-13,15,24H,3,14H2,1-2H3. The fraction of sp³-hybridized carbons (Fsp3) is 0.182. The van der Waals surface area contributed by atoms with E-state index in [4.69, 9.17) is 11.6 Å². The normalized spacial score (nSPS) is 10.5. The van der Waals surface area contributed by atoms with E-state index in [1.54, 1.807) is 17.2 Å². The summed E-state index contributed by atoms with van der Waals surface area (Å²) in [5, 5.41) is 4.02. The molecule has 0 spiro atoms. The number of nitrogens with one attached hydrogen (secondary N) is 1. The number of pyridine rings is 1. The highest BCUT2D eigenvalue weighted by Crippen LogP contribution is 2.19. The highest BCUT2D eigenvalue weighted by molar-refractivity contribution is 6.30. The molecule has 0 saturated carbocycles. The molecule has 0 atom stereocenters. The second-order valence-corrected chi connectivity index (χ2v) is 6.74. The summed E-state index contributed by atoms with van der Waals surface area (Å²) in [5.41, 5.74) is 4.41. The van der Waals surface area contributed by atoms with Gasteiger partial charge in [0.1, 0.15) is 5.69 Å². The van der Waals surface area contributed by atoms with Gasteiger partial charge < -0.3 is 10.2 Å². The lowest BCUT2D eigenvalue weighted by molar-refractivity contribution is 0.0983. The van der Waals surface area contributed by atoms with Crippen molar-refractivity contribution < 1.29 is 4.79 Å². The quantitative estimate of drug-likeness (QED) is 0.630. The number of aryl methyl sites for hydroxylation is 1. The highest BCUT2D eigenvalue weighted by atomic mass is 35.5. The SMILES string of the molecule is CCN(C(=O)c1ccc(NCc2ccc(Cl)cc2)cn1)c1cccc(C)c1. The first-order valence-electron chi connectivity index (χ1n) is 8.89. The predicted octanol–water partition coefficient (Wildman–Crippen LogP) is 5.32. The van der Waals surface area contributed by atoms with E-state index >= 15 is 0 Å². The van der Waals surface area contributed by atoms with Crippen molar-refractivity contribution in [1.82, 2.24) is 4.98 Å². The van der Waals surface area contributed by atoms with Crippen LogP contribution < -0.4 is 10.2 Å². The molecule has 1 amide bonds. The molecule has 1 N–H and O–H groups in total. The largest absolute Gasteiger partial charge is 0.380 e. The van der Waals surface area contributed by atoms with Crippen LogP contribution in [0.3, 0.4) is 0 Å². The molecule has 2 aromatic carbocycles. The van der Waals surface area contributed by atoms with Gasteiger partial charge in [-0.2, -0.15) is 0 Å². The van der Waals surface area contributed by atoms with E-state index in [0.29, 0.717) is 18.8 Å². The monoisotopic (exact) mass is 379 g/mol. The van der Waals surface area contributed by atoms with E-state index in [9.17, 15) is 4.79 Å². The smallest absolute Gasteiger partial charge is 0.276 e. The van der Waals surface area contributed by atoms with Crippen LogP contribution in [0.1, 0.15) is 28.5 Å². The van der Waals surface area contributed by atoms with Crippen LogP contribution in [0, 0.1) is 6.92 Å². The Labute approximate surface area is 164 Å². The van der Waals surface area contributed by atoms with Gasteiger partial charge in [-0.15, -0.1) is 0 Å². The first kappa shape index (κ1) is 18.9. The first-order valence-corrected chi connectivity index (χ1v) is 9.27. The third kappa shape index (κ3) is 4.86. The zero-order valence-corrected chi connectivity index (χ0v) is 16.2. The maximum absolute atomic E-state index is 12.8. The molecule has 0 aliphatic heterocycles. The Kier molecular flexibility index (Phi) is 6.09. The molecule has 3 aromatic rings. The minimum absolute atomic E-state index is 0.104. The number of benzene rings is 2. The Morgan fingerprint density at radius 2 is 1.89 bits per heavy atom. The van der Waals surface area contributed by atoms with E-state index in [1.807, 2.05) is 68.4 Å². The Morgan fingerprint density at radius 1 is 1.11 bits per heavy atom. The number of anilines is 2. The Balaban J connectivity index is 1.68. The van der Waals surface area contributed by atoms with Crippen LogP contribution in [0.4, 0.5) is 11.4 Å². The van der Waals surface area contributed by atoms with E-state index in [1.165, 1.54) is 0 Å². The van der Waals surface area contributed by atoms with E-state index in [2.05, 4.69) is 10.3 Å². The maximum atomic E-state index is 12.8. The van der Waals surface area contributed by atoms with Gasteiger partial charge in [-0.05, 0) is 61.4 Å². The lowest BCUT2D eigenvalue weighted by atomic mass is 10.2. The van der Waals surface area contributed by atoms with Gasteiger partial charge in [0.25, 0.3) is 5.91 Å². The molecule has 5 heteroatoms. The fourth-order valence-corrected chi connectivity index (χ4v) is 2.93. The van der Waals surface area contributed by atoms with Gasteiger partial charge >= 0.3 is 0 Å². The molecule has 138 valence electrons. The maximum Gasteiger partial charge on any atom is 0.276 e. The minimum Gasteiger partial charge on any atom is -0.380 e. The molecule has 0 bridgehead atoms. The van der Waals surface area contributed by atoms with Crippen molar-refractivity contribution in [3.63, 3.8) is 0 Å². The van der Waals surface area contributed by atoms with Crippen LogP contribution in [0.25, 0.3) is 0 Å². The van der Waals surface area contributed by atoms with E-state index in [0.717, 1.165) is 27.5 Å².